The molecule has 0 saturated carbocycles. The molecule has 0 aliphatic heterocycles. The number of nitrogens with zero attached hydrogens (tertiary/aromatic N) is 1. The van der Waals surface area contributed by atoms with Crippen molar-refractivity contribution < 1.29 is 13.2 Å². The summed E-state index contributed by atoms with van der Waals surface area (Å²) in [5, 5.41) is 2.49. The molecule has 1 unspecified atom stereocenters. The van der Waals surface area contributed by atoms with Gasteiger partial charge in [0.15, 0.2) is 0 Å². The van der Waals surface area contributed by atoms with Crippen molar-refractivity contribution in [3.63, 3.8) is 0 Å². The quantitative estimate of drug-likeness (QED) is 0.446. The summed E-state index contributed by atoms with van der Waals surface area (Å²) < 4.78 is 26.4. The van der Waals surface area contributed by atoms with E-state index in [9.17, 15) is 13.2 Å². The number of carbonyl (C=O) groups is 1. The Morgan fingerprint density at radius 1 is 1.03 bits per heavy atom. The zero-order chi connectivity index (χ0) is 22.2. The Balaban J connectivity index is 0. The van der Waals surface area contributed by atoms with Gasteiger partial charge in [0.25, 0.3) is 0 Å². The molecule has 0 fully saturated rings. The summed E-state index contributed by atoms with van der Waals surface area (Å²) in [6.45, 7) is 13.2. The molecule has 0 aliphatic carbocycles. The van der Waals surface area contributed by atoms with E-state index < -0.39 is 15.3 Å². The van der Waals surface area contributed by atoms with Crippen LogP contribution in [0, 0.1) is 0 Å². The minimum Gasteiger partial charge on any atom is -0.326 e. The lowest BCUT2D eigenvalue weighted by atomic mass is 10.0. The summed E-state index contributed by atoms with van der Waals surface area (Å²) in [6, 6.07) is 7.60. The smallest absolute Gasteiger partial charge is 0.224 e. The fourth-order valence-electron chi connectivity index (χ4n) is 2.61. The van der Waals surface area contributed by atoms with E-state index >= 15 is 0 Å². The number of nitrogens with one attached hydrogen (secondary N) is 2. The molecular weight excluding hydrogens is 410 g/mol. The molecule has 1 atom stereocenters. The van der Waals surface area contributed by atoms with Gasteiger partial charge in [0.2, 0.25) is 15.9 Å². The summed E-state index contributed by atoms with van der Waals surface area (Å²) in [6.07, 6.45) is 2.36. The van der Waals surface area contributed by atoms with Gasteiger partial charge >= 0.3 is 0 Å². The maximum Gasteiger partial charge on any atom is 0.224 e. The molecule has 0 spiro atoms. The minimum atomic E-state index is -3.26. The molecule has 0 aromatic heterocycles. The van der Waals surface area contributed by atoms with Crippen molar-refractivity contribution >= 4 is 21.6 Å². The Morgan fingerprint density at radius 2 is 1.58 bits per heavy atom. The van der Waals surface area contributed by atoms with Crippen LogP contribution in [0.4, 0.5) is 5.69 Å². The molecule has 0 saturated heterocycles. The topological polar surface area (TPSA) is 78.5 Å². The molecule has 1 aromatic rings. The van der Waals surface area contributed by atoms with Gasteiger partial charge in [0, 0.05) is 24.2 Å². The molecule has 7 heteroatoms. The van der Waals surface area contributed by atoms with E-state index in [0.717, 1.165) is 30.6 Å². The number of unbranched alkanes of at least 4 members (excludes halogenated alkanes) is 1. The molecule has 0 radical (unpaired) electrons. The van der Waals surface area contributed by atoms with Gasteiger partial charge in [-0.25, -0.2) is 13.1 Å². The van der Waals surface area contributed by atoms with Crippen LogP contribution in [-0.4, -0.2) is 50.2 Å². The first-order chi connectivity index (χ1) is 13.3. The van der Waals surface area contributed by atoms with Gasteiger partial charge in [0.1, 0.15) is 0 Å². The van der Waals surface area contributed by atoms with Crippen LogP contribution in [0.25, 0.3) is 0 Å². The molecule has 31 heavy (non-hydrogen) atoms. The summed E-state index contributed by atoms with van der Waals surface area (Å²) >= 11 is 0. The van der Waals surface area contributed by atoms with E-state index in [1.54, 1.807) is 13.8 Å². The van der Waals surface area contributed by atoms with Gasteiger partial charge in [-0.3, -0.25) is 4.79 Å². The lowest BCUT2D eigenvalue weighted by molar-refractivity contribution is -0.116. The maximum atomic E-state index is 12.1. The average Bonchev–Trinajstić information content (AvgIpc) is 2.62. The summed E-state index contributed by atoms with van der Waals surface area (Å²) in [4.78, 5) is 14.4. The van der Waals surface area contributed by atoms with E-state index in [1.165, 1.54) is 0 Å². The van der Waals surface area contributed by atoms with E-state index in [1.807, 2.05) is 31.2 Å². The van der Waals surface area contributed by atoms with Crippen LogP contribution in [0.2, 0.25) is 0 Å². The standard InChI is InChI=1S/C22H39N3O3S.2CH4/c1-17(2)29(27,28)23-16-18(3)19-11-13-20(14-12-19)24-21(26)10-8-9-15-25(7)22(4,5)6;;/h11-14,17-18,23H,8-10,15-16H2,1-7H3,(H,24,26);2*1H4. The van der Waals surface area contributed by atoms with Crippen LogP contribution < -0.4 is 10.0 Å². The lowest BCUT2D eigenvalue weighted by Crippen LogP contribution is -2.38. The molecule has 0 heterocycles. The predicted octanol–water partition coefficient (Wildman–Crippen LogP) is 5.23. The molecule has 6 nitrogen and oxygen atoms in total. The SMILES string of the molecule is C.C.CC(CNS(=O)(=O)C(C)C)c1ccc(NC(=O)CCCCN(C)C(C)(C)C)cc1. The van der Waals surface area contributed by atoms with Crippen LogP contribution in [0.5, 0.6) is 0 Å². The Morgan fingerprint density at radius 3 is 2.06 bits per heavy atom. The number of rotatable bonds is 11. The Hall–Kier alpha value is -1.44. The van der Waals surface area contributed by atoms with Gasteiger partial charge < -0.3 is 10.2 Å². The number of carbonyl (C=O) groups excluding carboxylic acids is 1. The van der Waals surface area contributed by atoms with E-state index in [4.69, 9.17) is 0 Å². The first kappa shape index (κ1) is 31.7. The van der Waals surface area contributed by atoms with Gasteiger partial charge in [-0.2, -0.15) is 0 Å². The maximum absolute atomic E-state index is 12.1. The highest BCUT2D eigenvalue weighted by Gasteiger charge is 2.17. The van der Waals surface area contributed by atoms with Crippen molar-refractivity contribution in [3.05, 3.63) is 29.8 Å². The van der Waals surface area contributed by atoms with Gasteiger partial charge in [0.05, 0.1) is 5.25 Å². The molecule has 1 amide bonds. The highest BCUT2D eigenvalue weighted by molar-refractivity contribution is 7.90. The number of anilines is 1. The monoisotopic (exact) mass is 457 g/mol. The van der Waals surface area contributed by atoms with Gasteiger partial charge in [-0.15, -0.1) is 0 Å². The molecule has 2 N–H and O–H groups in total. The fraction of sp³-hybridized carbons (Fsp3) is 0.708. The number of benzene rings is 1. The third-order valence-corrected chi connectivity index (χ3v) is 7.08. The minimum absolute atomic E-state index is 0. The molecule has 0 aliphatic rings. The highest BCUT2D eigenvalue weighted by Crippen LogP contribution is 2.18. The number of sulfonamides is 1. The fourth-order valence-corrected chi connectivity index (χ4v) is 3.43. The van der Waals surface area contributed by atoms with Crippen molar-refractivity contribution in [2.24, 2.45) is 0 Å². The summed E-state index contributed by atoms with van der Waals surface area (Å²) in [5.41, 5.74) is 1.94. The third kappa shape index (κ3) is 11.7. The second kappa shape index (κ2) is 13.9. The first-order valence-corrected chi connectivity index (χ1v) is 12.0. The van der Waals surface area contributed by atoms with Crippen LogP contribution >= 0.6 is 0 Å². The second-order valence-electron chi connectivity index (χ2n) is 9.06. The Kier molecular flexibility index (Phi) is 14.2. The number of hydrogen-bond acceptors (Lipinski definition) is 4. The van der Waals surface area contributed by atoms with Crippen LogP contribution in [0.15, 0.2) is 24.3 Å². The van der Waals surface area contributed by atoms with Gasteiger partial charge in [-0.05, 0) is 84.7 Å². The normalized spacial score (nSPS) is 12.8. The second-order valence-corrected chi connectivity index (χ2v) is 11.4. The molecule has 1 rings (SSSR count). The highest BCUT2D eigenvalue weighted by atomic mass is 32.2. The molecule has 182 valence electrons. The van der Waals surface area contributed by atoms with Gasteiger partial charge in [-0.1, -0.05) is 33.9 Å². The van der Waals surface area contributed by atoms with Crippen molar-refractivity contribution in [2.45, 2.75) is 92.4 Å². The molecule has 0 bridgehead atoms. The van der Waals surface area contributed by atoms with Crippen LogP contribution in [0.3, 0.4) is 0 Å². The number of amides is 1. The average molecular weight is 458 g/mol. The van der Waals surface area contributed by atoms with Crippen molar-refractivity contribution in [1.82, 2.24) is 9.62 Å². The van der Waals surface area contributed by atoms with Crippen molar-refractivity contribution in [2.75, 3.05) is 25.5 Å². The largest absolute Gasteiger partial charge is 0.326 e. The van der Waals surface area contributed by atoms with E-state index in [-0.39, 0.29) is 32.2 Å². The predicted molar refractivity (Wildman–Crippen MR) is 135 cm³/mol. The Bertz CT molecular complexity index is 738. The van der Waals surface area contributed by atoms with Crippen molar-refractivity contribution in [3.8, 4) is 0 Å². The van der Waals surface area contributed by atoms with Crippen LogP contribution in [0.1, 0.15) is 87.1 Å². The zero-order valence-electron chi connectivity index (χ0n) is 19.1. The summed E-state index contributed by atoms with van der Waals surface area (Å²) in [7, 11) is -1.15. The third-order valence-electron chi connectivity index (χ3n) is 5.27. The molecular formula is C24H47N3O3S. The van der Waals surface area contributed by atoms with Crippen LogP contribution in [-0.2, 0) is 14.8 Å². The Labute approximate surface area is 192 Å². The van der Waals surface area contributed by atoms with E-state index in [0.29, 0.717) is 13.0 Å². The van der Waals surface area contributed by atoms with Crippen molar-refractivity contribution in [1.29, 1.82) is 0 Å². The van der Waals surface area contributed by atoms with E-state index in [2.05, 4.69) is 42.8 Å². The first-order valence-electron chi connectivity index (χ1n) is 10.4. The number of hydrogen-bond donors (Lipinski definition) is 2. The molecule has 1 aromatic carbocycles. The summed E-state index contributed by atoms with van der Waals surface area (Å²) in [5.74, 6) is 0.0713. The zero-order valence-corrected chi connectivity index (χ0v) is 19.9. The lowest BCUT2D eigenvalue weighted by Gasteiger charge is -2.31.